The van der Waals surface area contributed by atoms with Gasteiger partial charge < -0.3 is 10.6 Å². The lowest BCUT2D eigenvalue weighted by Gasteiger charge is -2.11. The van der Waals surface area contributed by atoms with E-state index in [1.807, 2.05) is 20.0 Å². The first-order valence-electron chi connectivity index (χ1n) is 6.57. The molecule has 4 heteroatoms. The van der Waals surface area contributed by atoms with Crippen molar-refractivity contribution in [2.75, 3.05) is 18.9 Å². The molecule has 1 aromatic heterocycles. The average molecular weight is 249 g/mol. The van der Waals surface area contributed by atoms with Crippen LogP contribution in [0.3, 0.4) is 0 Å². The molecule has 1 aromatic rings. The summed E-state index contributed by atoms with van der Waals surface area (Å²) < 4.78 is 0. The fourth-order valence-electron chi connectivity index (χ4n) is 1.54. The predicted molar refractivity (Wildman–Crippen MR) is 74.9 cm³/mol. The zero-order chi connectivity index (χ0) is 13.5. The number of carbonyl (C=O) groups excluding carboxylic acids is 1. The van der Waals surface area contributed by atoms with Crippen LogP contribution in [0, 0.1) is 5.92 Å². The van der Waals surface area contributed by atoms with Crippen molar-refractivity contribution in [1.82, 2.24) is 10.3 Å². The molecule has 0 bridgehead atoms. The van der Waals surface area contributed by atoms with Gasteiger partial charge in [-0.05, 0) is 24.5 Å². The van der Waals surface area contributed by atoms with Gasteiger partial charge in [0.05, 0.1) is 0 Å². The van der Waals surface area contributed by atoms with Gasteiger partial charge in [0.2, 0.25) is 0 Å². The normalized spacial score (nSPS) is 12.0. The van der Waals surface area contributed by atoms with Crippen LogP contribution in [0.15, 0.2) is 12.1 Å². The standard InChI is InChI=1S/C14H23N3O/c1-5-10(3)9-16-14(18)11-7-12(6-2)17-13(8-11)15-4/h7-8,10H,5-6,9H2,1-4H3,(H,15,17)(H,16,18). The highest BCUT2D eigenvalue weighted by Gasteiger charge is 2.09. The maximum absolute atomic E-state index is 12.0. The van der Waals surface area contributed by atoms with Gasteiger partial charge in [-0.1, -0.05) is 27.2 Å². The molecule has 0 saturated carbocycles. The molecule has 0 aliphatic rings. The van der Waals surface area contributed by atoms with Gasteiger partial charge in [0.15, 0.2) is 0 Å². The number of rotatable bonds is 6. The molecule has 0 fully saturated rings. The smallest absolute Gasteiger partial charge is 0.251 e. The molecule has 18 heavy (non-hydrogen) atoms. The van der Waals surface area contributed by atoms with Crippen LogP contribution >= 0.6 is 0 Å². The molecule has 1 unspecified atom stereocenters. The third-order valence-electron chi connectivity index (χ3n) is 3.07. The fraction of sp³-hybridized carbons (Fsp3) is 0.571. The highest BCUT2D eigenvalue weighted by atomic mass is 16.1. The Morgan fingerprint density at radius 1 is 1.39 bits per heavy atom. The van der Waals surface area contributed by atoms with Crippen LogP contribution in [0.1, 0.15) is 43.2 Å². The number of aromatic nitrogens is 1. The Bertz CT molecular complexity index is 382. The molecule has 1 heterocycles. The Balaban J connectivity index is 2.78. The van der Waals surface area contributed by atoms with E-state index in [2.05, 4.69) is 29.5 Å². The molecule has 100 valence electrons. The minimum Gasteiger partial charge on any atom is -0.373 e. The second-order valence-electron chi connectivity index (χ2n) is 4.56. The van der Waals surface area contributed by atoms with Gasteiger partial charge in [-0.25, -0.2) is 4.98 Å². The van der Waals surface area contributed by atoms with Gasteiger partial charge in [0, 0.05) is 24.8 Å². The SMILES string of the molecule is CCc1cc(C(=O)NCC(C)CC)cc(NC)n1. The minimum absolute atomic E-state index is 0.0242. The van der Waals surface area contributed by atoms with Crippen LogP contribution in [-0.2, 0) is 6.42 Å². The molecule has 0 aromatic carbocycles. The van der Waals surface area contributed by atoms with Crippen molar-refractivity contribution in [3.8, 4) is 0 Å². The largest absolute Gasteiger partial charge is 0.373 e. The number of carbonyl (C=O) groups is 1. The van der Waals surface area contributed by atoms with Gasteiger partial charge in [-0.2, -0.15) is 0 Å². The van der Waals surface area contributed by atoms with Crippen molar-refractivity contribution in [2.24, 2.45) is 5.92 Å². The molecule has 4 nitrogen and oxygen atoms in total. The second-order valence-corrected chi connectivity index (χ2v) is 4.56. The number of hydrogen-bond donors (Lipinski definition) is 2. The lowest BCUT2D eigenvalue weighted by molar-refractivity contribution is 0.0947. The van der Waals surface area contributed by atoms with Crippen LogP contribution in [0.5, 0.6) is 0 Å². The summed E-state index contributed by atoms with van der Waals surface area (Å²) in [6, 6.07) is 3.64. The number of pyridine rings is 1. The van der Waals surface area contributed by atoms with E-state index < -0.39 is 0 Å². The molecular formula is C14H23N3O. The van der Waals surface area contributed by atoms with E-state index in [1.54, 1.807) is 6.07 Å². The van der Waals surface area contributed by atoms with E-state index in [9.17, 15) is 4.79 Å². The van der Waals surface area contributed by atoms with E-state index >= 15 is 0 Å². The molecule has 0 spiro atoms. The zero-order valence-corrected chi connectivity index (χ0v) is 11.7. The number of hydrogen-bond acceptors (Lipinski definition) is 3. The van der Waals surface area contributed by atoms with Gasteiger partial charge in [0.25, 0.3) is 5.91 Å². The molecule has 0 aliphatic carbocycles. The highest BCUT2D eigenvalue weighted by Crippen LogP contribution is 2.11. The monoisotopic (exact) mass is 249 g/mol. The quantitative estimate of drug-likeness (QED) is 0.814. The van der Waals surface area contributed by atoms with Crippen LogP contribution in [0.4, 0.5) is 5.82 Å². The van der Waals surface area contributed by atoms with Gasteiger partial charge in [0.1, 0.15) is 5.82 Å². The number of nitrogens with one attached hydrogen (secondary N) is 2. The molecule has 1 rings (SSSR count). The maximum atomic E-state index is 12.0. The van der Waals surface area contributed by atoms with E-state index in [-0.39, 0.29) is 5.91 Å². The maximum Gasteiger partial charge on any atom is 0.251 e. The fourth-order valence-corrected chi connectivity index (χ4v) is 1.54. The van der Waals surface area contributed by atoms with Crippen LogP contribution in [-0.4, -0.2) is 24.5 Å². The summed E-state index contributed by atoms with van der Waals surface area (Å²) in [5, 5.41) is 5.94. The third kappa shape index (κ3) is 4.02. The second kappa shape index (κ2) is 6.99. The minimum atomic E-state index is -0.0242. The predicted octanol–water partition coefficient (Wildman–Crippen LogP) is 2.46. The van der Waals surface area contributed by atoms with E-state index in [0.717, 1.165) is 24.4 Å². The Kier molecular flexibility index (Phi) is 5.62. The number of amides is 1. The van der Waals surface area contributed by atoms with Gasteiger partial charge in [-0.3, -0.25) is 4.79 Å². The molecule has 0 radical (unpaired) electrons. The van der Waals surface area contributed by atoms with Crippen LogP contribution in [0.25, 0.3) is 0 Å². The molecular weight excluding hydrogens is 226 g/mol. The van der Waals surface area contributed by atoms with Crippen molar-refractivity contribution in [3.05, 3.63) is 23.4 Å². The highest BCUT2D eigenvalue weighted by molar-refractivity contribution is 5.95. The van der Waals surface area contributed by atoms with E-state index in [0.29, 0.717) is 18.0 Å². The zero-order valence-electron chi connectivity index (χ0n) is 11.7. The lowest BCUT2D eigenvalue weighted by atomic mass is 10.1. The topological polar surface area (TPSA) is 54.0 Å². The number of anilines is 1. The van der Waals surface area contributed by atoms with Crippen molar-refractivity contribution in [1.29, 1.82) is 0 Å². The summed E-state index contributed by atoms with van der Waals surface area (Å²) in [6.07, 6.45) is 1.89. The summed E-state index contributed by atoms with van der Waals surface area (Å²) in [5.41, 5.74) is 1.60. The van der Waals surface area contributed by atoms with E-state index in [4.69, 9.17) is 0 Å². The molecule has 2 N–H and O–H groups in total. The number of nitrogens with zero attached hydrogens (tertiary/aromatic N) is 1. The number of aryl methyl sites for hydroxylation is 1. The summed E-state index contributed by atoms with van der Waals surface area (Å²) in [7, 11) is 1.81. The lowest BCUT2D eigenvalue weighted by Crippen LogP contribution is -2.28. The Labute approximate surface area is 109 Å². The molecule has 0 saturated heterocycles. The Hall–Kier alpha value is -1.58. The van der Waals surface area contributed by atoms with Crippen LogP contribution < -0.4 is 10.6 Å². The first kappa shape index (κ1) is 14.5. The molecule has 1 atom stereocenters. The van der Waals surface area contributed by atoms with Crippen molar-refractivity contribution >= 4 is 11.7 Å². The van der Waals surface area contributed by atoms with Crippen molar-refractivity contribution < 1.29 is 4.79 Å². The molecule has 0 aliphatic heterocycles. The average Bonchev–Trinajstić information content (AvgIpc) is 2.43. The summed E-state index contributed by atoms with van der Waals surface area (Å²) in [6.45, 7) is 7.00. The van der Waals surface area contributed by atoms with E-state index in [1.165, 1.54) is 0 Å². The molecule has 1 amide bonds. The first-order valence-corrected chi connectivity index (χ1v) is 6.57. The first-order chi connectivity index (χ1) is 8.60. The van der Waals surface area contributed by atoms with Gasteiger partial charge >= 0.3 is 0 Å². The Morgan fingerprint density at radius 3 is 2.67 bits per heavy atom. The summed E-state index contributed by atoms with van der Waals surface area (Å²) >= 11 is 0. The van der Waals surface area contributed by atoms with Crippen LogP contribution in [0.2, 0.25) is 0 Å². The van der Waals surface area contributed by atoms with Crippen molar-refractivity contribution in [2.45, 2.75) is 33.6 Å². The summed E-state index contributed by atoms with van der Waals surface area (Å²) in [5.74, 6) is 1.22. The summed E-state index contributed by atoms with van der Waals surface area (Å²) in [4.78, 5) is 16.4. The Morgan fingerprint density at radius 2 is 2.11 bits per heavy atom. The van der Waals surface area contributed by atoms with Gasteiger partial charge in [-0.15, -0.1) is 0 Å². The van der Waals surface area contributed by atoms with Crippen molar-refractivity contribution in [3.63, 3.8) is 0 Å². The third-order valence-corrected chi connectivity index (χ3v) is 3.07.